The predicted molar refractivity (Wildman–Crippen MR) is 51.4 cm³/mol. The summed E-state index contributed by atoms with van der Waals surface area (Å²) in [5, 5.41) is 0. The Labute approximate surface area is 82.2 Å². The summed E-state index contributed by atoms with van der Waals surface area (Å²) in [6, 6.07) is 3.25. The second-order valence-corrected chi connectivity index (χ2v) is 4.80. The van der Waals surface area contributed by atoms with Crippen LogP contribution in [0.15, 0.2) is 18.3 Å². The topological polar surface area (TPSA) is 57.5 Å². The molecular weight excluding hydrogens is 205 g/mol. The largest absolute Gasteiger partial charge is 0.402 e. The normalized spacial score (nSPS) is 11.6. The molecule has 78 valence electrons. The zero-order valence-corrected chi connectivity index (χ0v) is 9.15. The van der Waals surface area contributed by atoms with Crippen molar-refractivity contribution in [2.24, 2.45) is 7.05 Å². The number of hydrogen-bond acceptors (Lipinski definition) is 4. The van der Waals surface area contributed by atoms with Crippen LogP contribution in [0.3, 0.4) is 0 Å². The summed E-state index contributed by atoms with van der Waals surface area (Å²) in [5.41, 5.74) is -0.327. The van der Waals surface area contributed by atoms with Crippen LogP contribution >= 0.6 is 7.60 Å². The van der Waals surface area contributed by atoms with Gasteiger partial charge in [-0.1, -0.05) is 0 Å². The van der Waals surface area contributed by atoms with E-state index in [2.05, 4.69) is 9.05 Å². The average molecular weight is 217 g/mol. The van der Waals surface area contributed by atoms with Crippen molar-refractivity contribution in [2.75, 3.05) is 14.2 Å². The van der Waals surface area contributed by atoms with Gasteiger partial charge in [-0.25, -0.2) is 0 Å². The summed E-state index contributed by atoms with van der Waals surface area (Å²) in [7, 11) is 0.407. The summed E-state index contributed by atoms with van der Waals surface area (Å²) in [4.78, 5) is 11.7. The molecule has 6 heteroatoms. The van der Waals surface area contributed by atoms with E-state index in [1.165, 1.54) is 14.2 Å². The molecule has 0 aliphatic carbocycles. The third-order valence-corrected chi connectivity index (χ3v) is 3.58. The second kappa shape index (κ2) is 4.09. The van der Waals surface area contributed by atoms with Crippen molar-refractivity contribution in [1.29, 1.82) is 0 Å². The maximum Gasteiger partial charge on any atom is 0.402 e. The van der Waals surface area contributed by atoms with Crippen LogP contribution in [0.1, 0.15) is 10.5 Å². The van der Waals surface area contributed by atoms with Crippen molar-refractivity contribution in [3.05, 3.63) is 24.0 Å². The van der Waals surface area contributed by atoms with E-state index >= 15 is 0 Å². The minimum atomic E-state index is -3.65. The first kappa shape index (κ1) is 11.2. The molecule has 0 saturated carbocycles. The Kier molecular flexibility index (Phi) is 3.26. The van der Waals surface area contributed by atoms with Gasteiger partial charge in [-0.15, -0.1) is 0 Å². The molecule has 14 heavy (non-hydrogen) atoms. The van der Waals surface area contributed by atoms with Crippen LogP contribution in [0.2, 0.25) is 0 Å². The standard InChI is InChI=1S/C8H12NO4P/c1-9-6-4-5-7(9)8(10)14(11,12-2)13-3/h4-6H,1-3H3. The minimum Gasteiger partial charge on any atom is -0.348 e. The number of aryl methyl sites for hydroxylation is 1. The smallest absolute Gasteiger partial charge is 0.348 e. The van der Waals surface area contributed by atoms with E-state index in [-0.39, 0.29) is 0 Å². The highest BCUT2D eigenvalue weighted by atomic mass is 31.2. The molecule has 0 N–H and O–H groups in total. The molecule has 0 amide bonds. The molecule has 0 aliphatic rings. The Morgan fingerprint density at radius 2 is 2.00 bits per heavy atom. The van der Waals surface area contributed by atoms with Crippen molar-refractivity contribution in [3.63, 3.8) is 0 Å². The summed E-state index contributed by atoms with van der Waals surface area (Å²) < 4.78 is 22.5. The van der Waals surface area contributed by atoms with Crippen molar-refractivity contribution in [3.8, 4) is 0 Å². The van der Waals surface area contributed by atoms with Gasteiger partial charge in [0, 0.05) is 27.5 Å². The third kappa shape index (κ3) is 1.80. The molecule has 0 fully saturated rings. The molecule has 1 heterocycles. The Morgan fingerprint density at radius 3 is 2.36 bits per heavy atom. The van der Waals surface area contributed by atoms with E-state index in [4.69, 9.17) is 0 Å². The average Bonchev–Trinajstić information content (AvgIpc) is 2.62. The van der Waals surface area contributed by atoms with Gasteiger partial charge in [0.25, 0.3) is 5.52 Å². The molecule has 1 aromatic heterocycles. The first-order valence-corrected chi connectivity index (χ1v) is 5.47. The van der Waals surface area contributed by atoms with E-state index < -0.39 is 13.1 Å². The fourth-order valence-electron chi connectivity index (χ4n) is 1.06. The molecule has 1 rings (SSSR count). The highest BCUT2D eigenvalue weighted by Gasteiger charge is 2.34. The monoisotopic (exact) mass is 217 g/mol. The lowest BCUT2D eigenvalue weighted by molar-refractivity contribution is 0.101. The van der Waals surface area contributed by atoms with Gasteiger partial charge in [0.2, 0.25) is 0 Å². The van der Waals surface area contributed by atoms with Crippen molar-refractivity contribution < 1.29 is 18.4 Å². The zero-order chi connectivity index (χ0) is 10.8. The molecule has 0 atom stereocenters. The number of hydrogen-bond donors (Lipinski definition) is 0. The summed E-state index contributed by atoms with van der Waals surface area (Å²) in [6.07, 6.45) is 1.68. The highest BCUT2D eigenvalue weighted by Crippen LogP contribution is 2.49. The van der Waals surface area contributed by atoms with Crippen LogP contribution in [0.5, 0.6) is 0 Å². The molecule has 0 aromatic carbocycles. The number of rotatable bonds is 4. The van der Waals surface area contributed by atoms with Crippen molar-refractivity contribution in [1.82, 2.24) is 4.57 Å². The van der Waals surface area contributed by atoms with E-state index in [0.29, 0.717) is 5.69 Å². The molecule has 0 aliphatic heterocycles. The minimum absolute atomic E-state index is 0.303. The molecular formula is C8H12NO4P. The second-order valence-electron chi connectivity index (χ2n) is 2.67. The fraction of sp³-hybridized carbons (Fsp3) is 0.375. The number of carbonyl (C=O) groups is 1. The van der Waals surface area contributed by atoms with Gasteiger partial charge in [0.05, 0.1) is 5.69 Å². The van der Waals surface area contributed by atoms with E-state index in [1.54, 1.807) is 29.9 Å². The Morgan fingerprint density at radius 1 is 1.43 bits per heavy atom. The van der Waals surface area contributed by atoms with Crippen LogP contribution in [-0.2, 0) is 20.7 Å². The van der Waals surface area contributed by atoms with E-state index in [9.17, 15) is 9.36 Å². The Bertz CT molecular complexity index is 376. The van der Waals surface area contributed by atoms with Gasteiger partial charge in [0.1, 0.15) is 0 Å². The number of aromatic nitrogens is 1. The molecule has 0 bridgehead atoms. The molecule has 1 aromatic rings. The van der Waals surface area contributed by atoms with Gasteiger partial charge in [-0.05, 0) is 12.1 Å². The van der Waals surface area contributed by atoms with Crippen LogP contribution < -0.4 is 0 Å². The van der Waals surface area contributed by atoms with Crippen LogP contribution in [0.4, 0.5) is 0 Å². The summed E-state index contributed by atoms with van der Waals surface area (Å²) in [5.74, 6) is 0. The van der Waals surface area contributed by atoms with Gasteiger partial charge >= 0.3 is 7.60 Å². The molecule has 0 radical (unpaired) electrons. The van der Waals surface area contributed by atoms with Gasteiger partial charge in [0.15, 0.2) is 0 Å². The number of carbonyl (C=O) groups excluding carboxylic acids is 1. The lowest BCUT2D eigenvalue weighted by atomic mass is 10.5. The molecule has 5 nitrogen and oxygen atoms in total. The zero-order valence-electron chi connectivity index (χ0n) is 8.26. The lowest BCUT2D eigenvalue weighted by Crippen LogP contribution is -2.08. The van der Waals surface area contributed by atoms with Gasteiger partial charge in [-0.2, -0.15) is 0 Å². The van der Waals surface area contributed by atoms with Crippen LogP contribution in [0.25, 0.3) is 0 Å². The Hall–Kier alpha value is -0.900. The van der Waals surface area contributed by atoms with Crippen LogP contribution in [0, 0.1) is 0 Å². The number of nitrogens with zero attached hydrogens (tertiary/aromatic N) is 1. The quantitative estimate of drug-likeness (QED) is 0.719. The third-order valence-electron chi connectivity index (χ3n) is 1.89. The molecule has 0 unspecified atom stereocenters. The van der Waals surface area contributed by atoms with Crippen LogP contribution in [-0.4, -0.2) is 24.3 Å². The summed E-state index contributed by atoms with van der Waals surface area (Å²) >= 11 is 0. The maximum atomic E-state index is 11.7. The van der Waals surface area contributed by atoms with Gasteiger partial charge in [-0.3, -0.25) is 9.36 Å². The van der Waals surface area contributed by atoms with Crippen molar-refractivity contribution in [2.45, 2.75) is 0 Å². The predicted octanol–water partition coefficient (Wildman–Crippen LogP) is 1.65. The van der Waals surface area contributed by atoms with E-state index in [0.717, 1.165) is 0 Å². The van der Waals surface area contributed by atoms with E-state index in [1.807, 2.05) is 0 Å². The maximum absolute atomic E-state index is 11.7. The molecule has 0 spiro atoms. The fourth-order valence-corrected chi connectivity index (χ4v) is 2.06. The lowest BCUT2D eigenvalue weighted by Gasteiger charge is -2.11. The van der Waals surface area contributed by atoms with Crippen molar-refractivity contribution >= 4 is 13.1 Å². The Balaban J connectivity index is 3.08. The highest BCUT2D eigenvalue weighted by molar-refractivity contribution is 7.72. The molecule has 0 saturated heterocycles. The summed E-state index contributed by atoms with van der Waals surface area (Å²) in [6.45, 7) is 0. The first-order valence-electron chi connectivity index (χ1n) is 3.93. The first-order chi connectivity index (χ1) is 6.55. The van der Waals surface area contributed by atoms with Gasteiger partial charge < -0.3 is 13.6 Å². The SMILES string of the molecule is COP(=O)(OC)C(=O)c1cccn1C.